The number of alkyl halides is 8. The third kappa shape index (κ3) is 5.75. The highest BCUT2D eigenvalue weighted by Gasteiger charge is 2.92. The fourth-order valence-electron chi connectivity index (χ4n) is 4.81. The van der Waals surface area contributed by atoms with Crippen molar-refractivity contribution in [2.75, 3.05) is 10.6 Å². The Labute approximate surface area is 261 Å². The summed E-state index contributed by atoms with van der Waals surface area (Å²) in [5.41, 5.74) is -6.69. The molecule has 0 aliphatic heterocycles. The van der Waals surface area contributed by atoms with E-state index in [1.807, 2.05) is 0 Å². The maximum absolute atomic E-state index is 16.3. The van der Waals surface area contributed by atoms with Crippen LogP contribution in [0.2, 0.25) is 0 Å². The van der Waals surface area contributed by atoms with Crippen LogP contribution in [0, 0.1) is 0 Å². The van der Waals surface area contributed by atoms with Crippen molar-refractivity contribution in [2.24, 2.45) is 0 Å². The molecule has 4 aromatic carbocycles. The third-order valence-corrected chi connectivity index (χ3v) is 8.11. The third-order valence-electron chi connectivity index (χ3n) is 7.07. The highest BCUT2D eigenvalue weighted by Crippen LogP contribution is 2.80. The molecule has 2 N–H and O–H groups in total. The molecule has 6 nitrogen and oxygen atoms in total. The summed E-state index contributed by atoms with van der Waals surface area (Å²) in [4.78, 5) is 25.5. The van der Waals surface area contributed by atoms with E-state index in [-0.39, 0.29) is 45.1 Å². The topological polar surface area (TPSA) is 76.7 Å². The highest BCUT2D eigenvalue weighted by molar-refractivity contribution is 6.53. The van der Waals surface area contributed by atoms with Crippen molar-refractivity contribution in [2.45, 2.75) is 28.9 Å². The van der Waals surface area contributed by atoms with Crippen LogP contribution in [-0.4, -0.2) is 29.4 Å². The van der Waals surface area contributed by atoms with Gasteiger partial charge in [-0.25, -0.2) is 8.78 Å². The first-order valence-corrected chi connectivity index (χ1v) is 13.7. The quantitative estimate of drug-likeness (QED) is 0.131. The number of halogens is 8. The molecule has 14 heteroatoms. The minimum Gasteiger partial charge on any atom is -0.433 e. The molecule has 4 aromatic rings. The molecule has 1 aliphatic carbocycles. The lowest BCUT2D eigenvalue weighted by atomic mass is 9.98. The normalized spacial score (nSPS) is 20.0. The molecule has 2 atom stereocenters. The van der Waals surface area contributed by atoms with Gasteiger partial charge in [0.1, 0.15) is 11.5 Å². The van der Waals surface area contributed by atoms with Crippen LogP contribution >= 0.6 is 23.2 Å². The van der Waals surface area contributed by atoms with Crippen LogP contribution in [0.25, 0.3) is 0 Å². The lowest BCUT2D eigenvalue weighted by molar-refractivity contribution is -0.0500. The summed E-state index contributed by atoms with van der Waals surface area (Å²) in [5.74, 6) is -2.04. The first kappa shape index (κ1) is 32.0. The zero-order valence-corrected chi connectivity index (χ0v) is 24.1. The zero-order chi connectivity index (χ0) is 32.6. The summed E-state index contributed by atoms with van der Waals surface area (Å²) >= 11 is 12.3. The molecule has 234 valence electrons. The Bertz CT molecular complexity index is 1600. The van der Waals surface area contributed by atoms with E-state index < -0.39 is 40.7 Å². The van der Waals surface area contributed by atoms with Crippen LogP contribution in [0.3, 0.4) is 0 Å². The van der Waals surface area contributed by atoms with E-state index in [4.69, 9.17) is 23.2 Å². The Morgan fingerprint density at radius 2 is 0.911 bits per heavy atom. The van der Waals surface area contributed by atoms with E-state index in [0.29, 0.717) is 0 Å². The fourth-order valence-corrected chi connectivity index (χ4v) is 5.67. The SMILES string of the molecule is O=C(Nc1ccccc1OC(F)F)c1ccc(C2(F)C(Cl)(Cl)C2(F)c2ccc(C(=O)Nc3ccccc3OC(F)F)cc2)cc1. The Hall–Kier alpha value is -4.42. The van der Waals surface area contributed by atoms with E-state index in [2.05, 4.69) is 20.1 Å². The predicted molar refractivity (Wildman–Crippen MR) is 155 cm³/mol. The molecule has 5 rings (SSSR count). The van der Waals surface area contributed by atoms with Crippen molar-refractivity contribution in [3.05, 3.63) is 119 Å². The summed E-state index contributed by atoms with van der Waals surface area (Å²) in [6, 6.07) is 20.1. The number of anilines is 2. The maximum Gasteiger partial charge on any atom is 0.387 e. The molecule has 1 fully saturated rings. The Kier molecular flexibility index (Phi) is 8.65. The number of benzene rings is 4. The van der Waals surface area contributed by atoms with E-state index in [1.165, 1.54) is 72.8 Å². The number of para-hydroxylation sites is 4. The number of hydrogen-bond donors (Lipinski definition) is 2. The number of amides is 2. The van der Waals surface area contributed by atoms with E-state index in [9.17, 15) is 27.2 Å². The lowest BCUT2D eigenvalue weighted by Gasteiger charge is -2.14. The summed E-state index contributed by atoms with van der Waals surface area (Å²) in [7, 11) is 0. The van der Waals surface area contributed by atoms with Crippen LogP contribution in [0.1, 0.15) is 31.8 Å². The van der Waals surface area contributed by atoms with E-state index in [0.717, 1.165) is 24.3 Å². The summed E-state index contributed by atoms with van der Waals surface area (Å²) in [5, 5.41) is 4.83. The fraction of sp³-hybridized carbons (Fsp3) is 0.161. The number of hydrogen-bond acceptors (Lipinski definition) is 4. The Morgan fingerprint density at radius 1 is 0.578 bits per heavy atom. The minimum absolute atomic E-state index is 0.0232. The van der Waals surface area contributed by atoms with Gasteiger partial charge in [-0.1, -0.05) is 71.7 Å². The average molecular weight is 669 g/mol. The van der Waals surface area contributed by atoms with Crippen molar-refractivity contribution < 1.29 is 45.4 Å². The van der Waals surface area contributed by atoms with Gasteiger partial charge in [0, 0.05) is 11.1 Å². The van der Waals surface area contributed by atoms with Crippen LogP contribution < -0.4 is 20.1 Å². The Balaban J connectivity index is 1.32. The second kappa shape index (κ2) is 12.2. The van der Waals surface area contributed by atoms with E-state index in [1.54, 1.807) is 0 Å². The van der Waals surface area contributed by atoms with Crippen molar-refractivity contribution in [3.63, 3.8) is 0 Å². The van der Waals surface area contributed by atoms with Crippen molar-refractivity contribution in [1.29, 1.82) is 0 Å². The molecule has 45 heavy (non-hydrogen) atoms. The lowest BCUT2D eigenvalue weighted by Crippen LogP contribution is -2.16. The summed E-state index contributed by atoms with van der Waals surface area (Å²) in [6.07, 6.45) is 0. The van der Waals surface area contributed by atoms with Gasteiger partial charge in [0.05, 0.1) is 11.4 Å². The summed E-state index contributed by atoms with van der Waals surface area (Å²) in [6.45, 7) is -6.25. The molecule has 0 saturated heterocycles. The number of nitrogens with one attached hydrogen (secondary N) is 2. The zero-order valence-electron chi connectivity index (χ0n) is 22.5. The minimum atomic E-state index is -3.13. The monoisotopic (exact) mass is 668 g/mol. The van der Waals surface area contributed by atoms with Gasteiger partial charge in [-0.15, -0.1) is 0 Å². The van der Waals surface area contributed by atoms with Crippen molar-refractivity contribution in [3.8, 4) is 11.5 Å². The van der Waals surface area contributed by atoms with Gasteiger partial charge >= 0.3 is 13.2 Å². The molecule has 0 radical (unpaired) electrons. The molecular weight excluding hydrogens is 649 g/mol. The van der Waals surface area contributed by atoms with Gasteiger partial charge in [-0.3, -0.25) is 9.59 Å². The van der Waals surface area contributed by atoms with Gasteiger partial charge in [-0.05, 0) is 59.7 Å². The number of carbonyl (C=O) groups excluding carboxylic acids is 2. The van der Waals surface area contributed by atoms with Gasteiger partial charge < -0.3 is 20.1 Å². The molecule has 1 saturated carbocycles. The molecule has 0 bridgehead atoms. The van der Waals surface area contributed by atoms with Crippen molar-refractivity contribution in [1.82, 2.24) is 0 Å². The largest absolute Gasteiger partial charge is 0.433 e. The number of rotatable bonds is 10. The van der Waals surface area contributed by atoms with Gasteiger partial charge in [0.2, 0.25) is 15.7 Å². The number of carbonyl (C=O) groups is 2. The van der Waals surface area contributed by atoms with Gasteiger partial charge in [0.15, 0.2) is 0 Å². The molecule has 0 spiro atoms. The molecule has 1 aliphatic rings. The predicted octanol–water partition coefficient (Wildman–Crippen LogP) is 8.61. The maximum atomic E-state index is 16.3. The second-order valence-corrected chi connectivity index (χ2v) is 11.0. The first-order chi connectivity index (χ1) is 21.3. The number of ether oxygens (including phenoxy) is 2. The average Bonchev–Trinajstić information content (AvgIpc) is 3.38. The molecule has 0 aromatic heterocycles. The molecule has 2 amide bonds. The summed E-state index contributed by atoms with van der Waals surface area (Å²) < 4.78 is 89.5. The second-order valence-electron chi connectivity index (χ2n) is 9.70. The van der Waals surface area contributed by atoms with Crippen LogP contribution in [0.4, 0.5) is 37.7 Å². The smallest absolute Gasteiger partial charge is 0.387 e. The molecule has 2 unspecified atom stereocenters. The Morgan fingerprint density at radius 3 is 1.24 bits per heavy atom. The van der Waals surface area contributed by atoms with E-state index >= 15 is 8.78 Å². The van der Waals surface area contributed by atoms with Crippen LogP contribution in [0.15, 0.2) is 97.1 Å². The van der Waals surface area contributed by atoms with Gasteiger partial charge in [0.25, 0.3) is 11.8 Å². The standard InChI is InChI=1S/C31H20Cl2F6N2O4/c32-31(33)29(38,19-13-9-17(10-14-19)25(42)40-21-5-1-3-7-23(21)44-27(34)35)30(31,39)20-15-11-18(12-16-20)26(43)41-22-6-2-4-8-24(22)45-28(36)37/h1-16,27-28H,(H,40,42)(H,41,43). The highest BCUT2D eigenvalue weighted by atomic mass is 35.5. The first-order valence-electron chi connectivity index (χ1n) is 13.0. The van der Waals surface area contributed by atoms with Crippen molar-refractivity contribution >= 4 is 46.4 Å². The van der Waals surface area contributed by atoms with Gasteiger partial charge in [-0.2, -0.15) is 17.6 Å². The van der Waals surface area contributed by atoms with Crippen LogP contribution in [0.5, 0.6) is 11.5 Å². The van der Waals surface area contributed by atoms with Crippen LogP contribution in [-0.2, 0) is 11.3 Å². The molecule has 0 heterocycles. The molecular formula is C31H20Cl2F6N2O4.